The number of benzene rings is 2. The first-order chi connectivity index (χ1) is 22.6. The molecule has 0 unspecified atom stereocenters. The van der Waals surface area contributed by atoms with Crippen molar-refractivity contribution >= 4 is 45.4 Å². The van der Waals surface area contributed by atoms with Gasteiger partial charge in [0.2, 0.25) is 0 Å². The van der Waals surface area contributed by atoms with Crippen molar-refractivity contribution in [3.8, 4) is 0 Å². The van der Waals surface area contributed by atoms with Gasteiger partial charge in [0.15, 0.2) is 35.1 Å². The third-order valence-corrected chi connectivity index (χ3v) is 9.54. The zero-order valence-electron chi connectivity index (χ0n) is 26.9. The van der Waals surface area contributed by atoms with E-state index in [1.54, 1.807) is 6.33 Å². The molecule has 1 amide bonds. The topological polar surface area (TPSA) is 117 Å². The minimum absolute atomic E-state index is 0.177. The van der Waals surface area contributed by atoms with Crippen molar-refractivity contribution in [1.82, 2.24) is 29.4 Å². The van der Waals surface area contributed by atoms with Crippen molar-refractivity contribution in [1.29, 1.82) is 0 Å². The van der Waals surface area contributed by atoms with Gasteiger partial charge in [0, 0.05) is 41.3 Å². The zero-order chi connectivity index (χ0) is 32.4. The van der Waals surface area contributed by atoms with Gasteiger partial charge in [-0.2, -0.15) is 0 Å². The average molecular weight is 656 g/mol. The number of rotatable bonds is 9. The van der Waals surface area contributed by atoms with Gasteiger partial charge in [0.05, 0.1) is 6.33 Å². The third kappa shape index (κ3) is 5.75. The first kappa shape index (κ1) is 30.3. The van der Waals surface area contributed by atoms with Gasteiger partial charge in [-0.15, -0.1) is 0 Å². The van der Waals surface area contributed by atoms with E-state index in [1.807, 2.05) is 30.5 Å². The molecular formula is C35H38ClN7O4. The number of hydrogen-bond donors (Lipinski definition) is 2. The largest absolute Gasteiger partial charge is 0.368 e. The van der Waals surface area contributed by atoms with Gasteiger partial charge < -0.3 is 29.4 Å². The van der Waals surface area contributed by atoms with E-state index in [9.17, 15) is 4.79 Å². The number of nitrogens with zero attached hydrogens (tertiary/aromatic N) is 5. The van der Waals surface area contributed by atoms with Crippen LogP contribution in [0.5, 0.6) is 0 Å². The molecule has 12 heteroatoms. The van der Waals surface area contributed by atoms with Gasteiger partial charge in [0.1, 0.15) is 18.5 Å². The van der Waals surface area contributed by atoms with Crippen LogP contribution in [-0.4, -0.2) is 66.7 Å². The Labute approximate surface area is 277 Å². The predicted octanol–water partition coefficient (Wildman–Crippen LogP) is 5.45. The summed E-state index contributed by atoms with van der Waals surface area (Å²) in [5.74, 6) is -0.406. The Balaban J connectivity index is 1.02. The number of aryl methyl sites for hydroxylation is 2. The highest BCUT2D eigenvalue weighted by molar-refractivity contribution is 6.31. The number of carbonyl (C=O) groups is 1. The van der Waals surface area contributed by atoms with Crippen LogP contribution in [0.25, 0.3) is 22.1 Å². The van der Waals surface area contributed by atoms with Crippen molar-refractivity contribution < 1.29 is 19.0 Å². The number of amides is 1. The SMILES string of the molecule is Cc1ccc(C)c(Cn2cc(CCNc3ncnc4c3ncn4[C@@H]3O[C@H](C(=O)NC4CC4)[C@H]4OC(C)(C)O[C@H]43)c3cc(Cl)ccc32)c1. The molecule has 47 heavy (non-hydrogen) atoms. The van der Waals surface area contributed by atoms with E-state index in [4.69, 9.17) is 25.8 Å². The van der Waals surface area contributed by atoms with Crippen LogP contribution < -0.4 is 10.6 Å². The minimum Gasteiger partial charge on any atom is -0.368 e. The molecule has 2 saturated heterocycles. The Kier molecular flexibility index (Phi) is 7.47. The van der Waals surface area contributed by atoms with E-state index in [0.29, 0.717) is 28.5 Å². The van der Waals surface area contributed by atoms with Gasteiger partial charge in [-0.05, 0) is 81.8 Å². The lowest BCUT2D eigenvalue weighted by molar-refractivity contribution is -0.197. The lowest BCUT2D eigenvalue weighted by atomic mass is 10.1. The molecule has 0 spiro atoms. The Hall–Kier alpha value is -4.03. The lowest BCUT2D eigenvalue weighted by Crippen LogP contribution is -2.43. The van der Waals surface area contributed by atoms with Crippen molar-refractivity contribution in [3.63, 3.8) is 0 Å². The van der Waals surface area contributed by atoms with Crippen LogP contribution in [0, 0.1) is 13.8 Å². The molecule has 2 aliphatic heterocycles. The molecular weight excluding hydrogens is 618 g/mol. The maximum atomic E-state index is 13.1. The molecule has 3 aromatic heterocycles. The number of imidazole rings is 1. The summed E-state index contributed by atoms with van der Waals surface area (Å²) in [5.41, 5.74) is 7.35. The van der Waals surface area contributed by atoms with Crippen molar-refractivity contribution in [3.05, 3.63) is 82.5 Å². The number of ether oxygens (including phenoxy) is 3. The maximum absolute atomic E-state index is 13.1. The number of fused-ring (bicyclic) bond motifs is 3. The highest BCUT2D eigenvalue weighted by atomic mass is 35.5. The maximum Gasteiger partial charge on any atom is 0.252 e. The predicted molar refractivity (Wildman–Crippen MR) is 178 cm³/mol. The number of hydrogen-bond acceptors (Lipinski definition) is 8. The summed E-state index contributed by atoms with van der Waals surface area (Å²) >= 11 is 6.46. The summed E-state index contributed by atoms with van der Waals surface area (Å²) in [5, 5.41) is 8.37. The van der Waals surface area contributed by atoms with Gasteiger partial charge in [-0.1, -0.05) is 35.4 Å². The quantitative estimate of drug-likeness (QED) is 0.215. The number of halogens is 1. The van der Waals surface area contributed by atoms with Gasteiger partial charge in [-0.25, -0.2) is 15.0 Å². The molecule has 2 N–H and O–H groups in total. The number of anilines is 1. The summed E-state index contributed by atoms with van der Waals surface area (Å²) < 4.78 is 22.8. The van der Waals surface area contributed by atoms with Crippen molar-refractivity contribution in [2.24, 2.45) is 0 Å². The molecule has 3 aliphatic rings. The molecule has 5 heterocycles. The Morgan fingerprint density at radius 3 is 2.70 bits per heavy atom. The van der Waals surface area contributed by atoms with E-state index < -0.39 is 30.3 Å². The van der Waals surface area contributed by atoms with E-state index in [0.717, 1.165) is 36.7 Å². The molecule has 5 aromatic rings. The highest BCUT2D eigenvalue weighted by Gasteiger charge is 2.58. The second kappa shape index (κ2) is 11.6. The fourth-order valence-electron chi connectivity index (χ4n) is 6.83. The van der Waals surface area contributed by atoms with E-state index in [1.165, 1.54) is 28.6 Å². The molecule has 244 valence electrons. The first-order valence-electron chi connectivity index (χ1n) is 16.2. The summed E-state index contributed by atoms with van der Waals surface area (Å²) in [4.78, 5) is 26.8. The molecule has 11 nitrogen and oxygen atoms in total. The number of nitrogens with one attached hydrogen (secondary N) is 2. The first-order valence-corrected chi connectivity index (χ1v) is 16.6. The van der Waals surface area contributed by atoms with Gasteiger partial charge >= 0.3 is 0 Å². The zero-order valence-corrected chi connectivity index (χ0v) is 27.6. The molecule has 1 saturated carbocycles. The van der Waals surface area contributed by atoms with E-state index in [-0.39, 0.29) is 11.9 Å². The standard InChI is InChI=1S/C35H38ClN7O4/c1-19-5-6-20(2)22(13-19)16-42-15-21(25-14-23(36)7-10-26(25)42)11-12-37-31-27-32(39-17-38-31)43(18-40-27)34-30-28(46-35(3,4)47-30)29(45-34)33(44)41-24-8-9-24/h5-7,10,13-15,17-18,24,28-30,34H,8-9,11-12,16H2,1-4H3,(H,41,44)(H,37,38,39)/t28-,29+,30-,34-/m1/s1. The van der Waals surface area contributed by atoms with Gasteiger partial charge in [0.25, 0.3) is 5.91 Å². The molecule has 3 fully saturated rings. The van der Waals surface area contributed by atoms with Crippen LogP contribution in [0.3, 0.4) is 0 Å². The van der Waals surface area contributed by atoms with Crippen molar-refractivity contribution in [2.45, 2.75) is 89.9 Å². The average Bonchev–Trinajstić information content (AvgIpc) is 3.33. The van der Waals surface area contributed by atoms with Crippen LogP contribution in [0.1, 0.15) is 55.2 Å². The summed E-state index contributed by atoms with van der Waals surface area (Å²) in [6, 6.07) is 12.9. The van der Waals surface area contributed by atoms with Crippen LogP contribution >= 0.6 is 11.6 Å². The monoisotopic (exact) mass is 655 g/mol. The van der Waals surface area contributed by atoms with Crippen LogP contribution in [0.15, 0.2) is 55.2 Å². The Bertz CT molecular complexity index is 2000. The second-order valence-corrected chi connectivity index (χ2v) is 13.8. The molecule has 0 bridgehead atoms. The fraction of sp³-hybridized carbons (Fsp3) is 0.429. The van der Waals surface area contributed by atoms with E-state index in [2.05, 4.69) is 74.5 Å². The molecule has 4 atom stereocenters. The third-order valence-electron chi connectivity index (χ3n) is 9.30. The molecule has 0 radical (unpaired) electrons. The van der Waals surface area contributed by atoms with Crippen molar-refractivity contribution in [2.75, 3.05) is 11.9 Å². The Morgan fingerprint density at radius 1 is 1.04 bits per heavy atom. The minimum atomic E-state index is -0.847. The van der Waals surface area contributed by atoms with Gasteiger partial charge in [-0.3, -0.25) is 9.36 Å². The molecule has 8 rings (SSSR count). The fourth-order valence-corrected chi connectivity index (χ4v) is 7.01. The van der Waals surface area contributed by atoms with E-state index >= 15 is 0 Å². The number of aromatic nitrogens is 5. The van der Waals surface area contributed by atoms with Crippen LogP contribution in [0.2, 0.25) is 5.02 Å². The second-order valence-electron chi connectivity index (χ2n) is 13.4. The van der Waals surface area contributed by atoms with Crippen LogP contribution in [0.4, 0.5) is 5.82 Å². The molecule has 2 aromatic carbocycles. The molecule has 1 aliphatic carbocycles. The number of carbonyl (C=O) groups excluding carboxylic acids is 1. The summed E-state index contributed by atoms with van der Waals surface area (Å²) in [6.07, 6.45) is 5.64. The van der Waals surface area contributed by atoms with Crippen LogP contribution in [-0.2, 0) is 32.0 Å². The normalized spacial score (nSPS) is 23.4. The Morgan fingerprint density at radius 2 is 1.87 bits per heavy atom. The lowest BCUT2D eigenvalue weighted by Gasteiger charge is -2.24. The highest BCUT2D eigenvalue weighted by Crippen LogP contribution is 2.44. The summed E-state index contributed by atoms with van der Waals surface area (Å²) in [7, 11) is 0. The smallest absolute Gasteiger partial charge is 0.252 e. The summed E-state index contributed by atoms with van der Waals surface area (Å²) in [6.45, 7) is 9.38.